The second-order valence-electron chi connectivity index (χ2n) is 2.57. The minimum absolute atomic E-state index is 0.732. The Bertz CT molecular complexity index is 465. The molecule has 5 nitrogen and oxygen atoms in total. The SMILES string of the molecule is N#Cc1c(OC(F)(F)F)cccc1[N+](=O)[O-]. The van der Waals surface area contributed by atoms with Gasteiger partial charge in [-0.05, 0) is 6.07 Å². The third-order valence-corrected chi connectivity index (χ3v) is 1.54. The van der Waals surface area contributed by atoms with Gasteiger partial charge in [0.15, 0.2) is 11.3 Å². The van der Waals surface area contributed by atoms with Gasteiger partial charge in [0.2, 0.25) is 0 Å². The molecule has 0 unspecified atom stereocenters. The topological polar surface area (TPSA) is 76.2 Å². The molecule has 0 N–H and O–H groups in total. The van der Waals surface area contributed by atoms with Crippen molar-refractivity contribution >= 4 is 5.69 Å². The number of halogens is 3. The predicted molar refractivity (Wildman–Crippen MR) is 44.5 cm³/mol. The fraction of sp³-hybridized carbons (Fsp3) is 0.125. The van der Waals surface area contributed by atoms with Crippen LogP contribution in [0.5, 0.6) is 5.75 Å². The van der Waals surface area contributed by atoms with E-state index in [1.165, 1.54) is 6.07 Å². The number of hydrogen-bond donors (Lipinski definition) is 0. The largest absolute Gasteiger partial charge is 0.573 e. The zero-order valence-corrected chi connectivity index (χ0v) is 7.49. The highest BCUT2D eigenvalue weighted by Gasteiger charge is 2.33. The number of nitriles is 1. The Morgan fingerprint density at radius 3 is 2.50 bits per heavy atom. The van der Waals surface area contributed by atoms with Crippen molar-refractivity contribution in [1.82, 2.24) is 0 Å². The number of rotatable bonds is 2. The first-order valence-electron chi connectivity index (χ1n) is 3.78. The van der Waals surface area contributed by atoms with E-state index >= 15 is 0 Å². The minimum Gasteiger partial charge on any atom is -0.404 e. The molecule has 1 aromatic rings. The molecule has 0 atom stereocenters. The molecule has 84 valence electrons. The van der Waals surface area contributed by atoms with E-state index < -0.39 is 28.3 Å². The van der Waals surface area contributed by atoms with E-state index in [4.69, 9.17) is 5.26 Å². The summed E-state index contributed by atoms with van der Waals surface area (Å²) in [6.45, 7) is 0. The Morgan fingerprint density at radius 1 is 1.44 bits per heavy atom. The highest BCUT2D eigenvalue weighted by Crippen LogP contribution is 2.31. The molecule has 0 heterocycles. The summed E-state index contributed by atoms with van der Waals surface area (Å²) in [5, 5.41) is 19.0. The summed E-state index contributed by atoms with van der Waals surface area (Å²) in [4.78, 5) is 9.46. The van der Waals surface area contributed by atoms with Crippen molar-refractivity contribution in [1.29, 1.82) is 5.26 Å². The van der Waals surface area contributed by atoms with Crippen LogP contribution in [0.25, 0.3) is 0 Å². The van der Waals surface area contributed by atoms with Crippen molar-refractivity contribution in [3.8, 4) is 11.8 Å². The first kappa shape index (κ1) is 11.8. The van der Waals surface area contributed by atoms with Crippen LogP contribution in [0.4, 0.5) is 18.9 Å². The van der Waals surface area contributed by atoms with Gasteiger partial charge in [-0.15, -0.1) is 13.2 Å². The second kappa shape index (κ2) is 4.06. The molecule has 0 spiro atoms. The van der Waals surface area contributed by atoms with Crippen LogP contribution in [-0.2, 0) is 0 Å². The number of nitrogens with zero attached hydrogens (tertiary/aromatic N) is 2. The maximum atomic E-state index is 11.9. The Balaban J connectivity index is 3.26. The van der Waals surface area contributed by atoms with Gasteiger partial charge in [0.1, 0.15) is 6.07 Å². The minimum atomic E-state index is -5.00. The summed E-state index contributed by atoms with van der Waals surface area (Å²) in [6.07, 6.45) is -5.00. The van der Waals surface area contributed by atoms with E-state index in [2.05, 4.69) is 4.74 Å². The smallest absolute Gasteiger partial charge is 0.404 e. The normalized spacial score (nSPS) is 10.6. The molecular weight excluding hydrogens is 229 g/mol. The molecule has 0 aliphatic rings. The van der Waals surface area contributed by atoms with E-state index in [-0.39, 0.29) is 0 Å². The Hall–Kier alpha value is -2.30. The van der Waals surface area contributed by atoms with Gasteiger partial charge in [0.05, 0.1) is 4.92 Å². The van der Waals surface area contributed by atoms with Crippen LogP contribution < -0.4 is 4.74 Å². The number of benzene rings is 1. The highest BCUT2D eigenvalue weighted by atomic mass is 19.4. The molecule has 16 heavy (non-hydrogen) atoms. The molecule has 1 aromatic carbocycles. The number of hydrogen-bond acceptors (Lipinski definition) is 4. The van der Waals surface area contributed by atoms with Gasteiger partial charge in [0.25, 0.3) is 5.69 Å². The average Bonchev–Trinajstić information content (AvgIpc) is 2.14. The number of nitro benzene ring substituents is 1. The highest BCUT2D eigenvalue weighted by molar-refractivity contribution is 5.56. The maximum Gasteiger partial charge on any atom is 0.573 e. The van der Waals surface area contributed by atoms with Crippen LogP contribution in [0.2, 0.25) is 0 Å². The molecule has 0 radical (unpaired) electrons. The third kappa shape index (κ3) is 2.60. The summed E-state index contributed by atoms with van der Waals surface area (Å²) in [5.41, 5.74) is -1.49. The molecule has 1 rings (SSSR count). The van der Waals surface area contributed by atoms with Crippen molar-refractivity contribution in [2.45, 2.75) is 6.36 Å². The molecule has 0 bridgehead atoms. The molecule has 0 saturated heterocycles. The number of nitro groups is 1. The van der Waals surface area contributed by atoms with Crippen molar-refractivity contribution in [2.75, 3.05) is 0 Å². The van der Waals surface area contributed by atoms with Crippen LogP contribution >= 0.6 is 0 Å². The second-order valence-corrected chi connectivity index (χ2v) is 2.57. The van der Waals surface area contributed by atoms with Gasteiger partial charge < -0.3 is 4.74 Å². The molecule has 0 aromatic heterocycles. The van der Waals surface area contributed by atoms with Crippen LogP contribution in [0, 0.1) is 21.4 Å². The summed E-state index contributed by atoms with van der Waals surface area (Å²) < 4.78 is 39.2. The van der Waals surface area contributed by atoms with E-state index in [9.17, 15) is 23.3 Å². The predicted octanol–water partition coefficient (Wildman–Crippen LogP) is 2.37. The van der Waals surface area contributed by atoms with Gasteiger partial charge in [-0.3, -0.25) is 10.1 Å². The Morgan fingerprint density at radius 2 is 2.06 bits per heavy atom. The quantitative estimate of drug-likeness (QED) is 0.579. The van der Waals surface area contributed by atoms with E-state index in [0.717, 1.165) is 18.2 Å². The summed E-state index contributed by atoms with van der Waals surface area (Å²) in [5.74, 6) is -0.885. The lowest BCUT2D eigenvalue weighted by atomic mass is 10.2. The van der Waals surface area contributed by atoms with Crippen LogP contribution in [0.15, 0.2) is 18.2 Å². The summed E-state index contributed by atoms with van der Waals surface area (Å²) >= 11 is 0. The molecule has 0 amide bonds. The van der Waals surface area contributed by atoms with E-state index in [1.807, 2.05) is 0 Å². The molecule has 8 heteroatoms. The molecular formula is C8H3F3N2O3. The van der Waals surface area contributed by atoms with Gasteiger partial charge in [-0.1, -0.05) is 6.07 Å². The molecule has 0 fully saturated rings. The first-order valence-corrected chi connectivity index (χ1v) is 3.78. The van der Waals surface area contributed by atoms with Gasteiger partial charge in [-0.25, -0.2) is 0 Å². The average molecular weight is 232 g/mol. The van der Waals surface area contributed by atoms with Gasteiger partial charge >= 0.3 is 6.36 Å². The van der Waals surface area contributed by atoms with Crippen LogP contribution in [-0.4, -0.2) is 11.3 Å². The van der Waals surface area contributed by atoms with Crippen molar-refractivity contribution in [3.05, 3.63) is 33.9 Å². The van der Waals surface area contributed by atoms with Crippen molar-refractivity contribution in [3.63, 3.8) is 0 Å². The lowest BCUT2D eigenvalue weighted by molar-refractivity contribution is -0.385. The number of ether oxygens (including phenoxy) is 1. The van der Waals surface area contributed by atoms with Crippen molar-refractivity contribution < 1.29 is 22.8 Å². The van der Waals surface area contributed by atoms with E-state index in [1.54, 1.807) is 0 Å². The van der Waals surface area contributed by atoms with E-state index in [0.29, 0.717) is 0 Å². The summed E-state index contributed by atoms with van der Waals surface area (Å²) in [6, 6.07) is 4.05. The van der Waals surface area contributed by atoms with Gasteiger partial charge in [0, 0.05) is 6.07 Å². The lowest BCUT2D eigenvalue weighted by Crippen LogP contribution is -2.18. The fourth-order valence-electron chi connectivity index (χ4n) is 0.994. The monoisotopic (exact) mass is 232 g/mol. The van der Waals surface area contributed by atoms with Crippen molar-refractivity contribution in [2.24, 2.45) is 0 Å². The first-order chi connectivity index (χ1) is 7.35. The maximum absolute atomic E-state index is 11.9. The zero-order chi connectivity index (χ0) is 12.3. The van der Waals surface area contributed by atoms with Crippen LogP contribution in [0.1, 0.15) is 5.56 Å². The lowest BCUT2D eigenvalue weighted by Gasteiger charge is -2.09. The zero-order valence-electron chi connectivity index (χ0n) is 7.49. The number of alkyl halides is 3. The molecule has 0 aliphatic carbocycles. The van der Waals surface area contributed by atoms with Crippen LogP contribution in [0.3, 0.4) is 0 Å². The van der Waals surface area contributed by atoms with Gasteiger partial charge in [-0.2, -0.15) is 5.26 Å². The molecule has 0 saturated carbocycles. The standard InChI is InChI=1S/C8H3F3N2O3/c9-8(10,11)16-7-3-1-2-6(13(14)15)5(7)4-12/h1-3H. The Kier molecular flexibility index (Phi) is 2.99. The fourth-order valence-corrected chi connectivity index (χ4v) is 0.994. The Labute approximate surface area is 86.8 Å². The summed E-state index contributed by atoms with van der Waals surface area (Å²) in [7, 11) is 0. The third-order valence-electron chi connectivity index (χ3n) is 1.54. The molecule has 0 aliphatic heterocycles.